The van der Waals surface area contributed by atoms with Crippen LogP contribution in [0.4, 0.5) is 0 Å². The van der Waals surface area contributed by atoms with Gasteiger partial charge in [-0.2, -0.15) is 0 Å². The molecule has 5 heteroatoms. The molecule has 1 aliphatic rings. The Morgan fingerprint density at radius 2 is 2.50 bits per heavy atom. The predicted octanol–water partition coefficient (Wildman–Crippen LogP) is 1.38. The minimum atomic E-state index is -0.232. The molecule has 0 bridgehead atoms. The first kappa shape index (κ1) is 13.1. The molecule has 2 rings (SSSR count). The molecule has 1 saturated heterocycles. The maximum absolute atomic E-state index is 12.3. The van der Waals surface area contributed by atoms with Crippen LogP contribution in [0.2, 0.25) is 0 Å². The normalized spacial score (nSPS) is 23.2. The van der Waals surface area contributed by atoms with Crippen LogP contribution in [0.1, 0.15) is 37.6 Å². The van der Waals surface area contributed by atoms with Crippen LogP contribution in [0.25, 0.3) is 0 Å². The van der Waals surface area contributed by atoms with Gasteiger partial charge in [-0.25, -0.2) is 0 Å². The van der Waals surface area contributed by atoms with E-state index in [1.54, 1.807) is 0 Å². The predicted molar refractivity (Wildman–Crippen MR) is 67.9 cm³/mol. The summed E-state index contributed by atoms with van der Waals surface area (Å²) in [6.45, 7) is 6.11. The van der Waals surface area contributed by atoms with Crippen molar-refractivity contribution in [2.45, 2.75) is 39.7 Å². The summed E-state index contributed by atoms with van der Waals surface area (Å²) in [7, 11) is 0. The van der Waals surface area contributed by atoms with Crippen molar-refractivity contribution >= 4 is 5.91 Å². The second-order valence-electron chi connectivity index (χ2n) is 5.07. The number of rotatable bonds is 5. The lowest BCUT2D eigenvalue weighted by Gasteiger charge is -2.26. The van der Waals surface area contributed by atoms with Gasteiger partial charge in [-0.15, -0.1) is 0 Å². The highest BCUT2D eigenvalue weighted by Crippen LogP contribution is 2.31. The highest BCUT2D eigenvalue weighted by molar-refractivity contribution is 5.83. The van der Waals surface area contributed by atoms with Gasteiger partial charge in [0, 0.05) is 12.6 Å². The molecule has 1 amide bonds. The smallest absolute Gasteiger partial charge is 0.227 e. The molecule has 0 spiro atoms. The number of hydrogen-bond acceptors (Lipinski definition) is 4. The van der Waals surface area contributed by atoms with Crippen LogP contribution in [0.3, 0.4) is 0 Å². The van der Waals surface area contributed by atoms with Gasteiger partial charge in [-0.05, 0) is 26.3 Å². The Labute approximate surface area is 107 Å². The Kier molecular flexibility index (Phi) is 4.01. The average molecular weight is 251 g/mol. The molecule has 1 aromatic heterocycles. The molecule has 0 radical (unpaired) electrons. The van der Waals surface area contributed by atoms with E-state index >= 15 is 0 Å². The topological polar surface area (TPSA) is 67.2 Å². The Morgan fingerprint density at radius 3 is 3.06 bits per heavy atom. The lowest BCUT2D eigenvalue weighted by Crippen LogP contribution is -2.42. The van der Waals surface area contributed by atoms with Gasteiger partial charge in [0.05, 0.1) is 17.7 Å². The van der Waals surface area contributed by atoms with Gasteiger partial charge in [-0.3, -0.25) is 4.79 Å². The third-order valence-corrected chi connectivity index (χ3v) is 3.55. The number of carbonyl (C=O) groups is 1. The maximum atomic E-state index is 12.3. The van der Waals surface area contributed by atoms with Crippen LogP contribution in [0.15, 0.2) is 10.6 Å². The molecule has 0 saturated carbocycles. The Bertz CT molecular complexity index is 408. The minimum absolute atomic E-state index is 0.128. The molecule has 5 nitrogen and oxygen atoms in total. The molecular formula is C13H21N3O2. The summed E-state index contributed by atoms with van der Waals surface area (Å²) in [5.41, 5.74) is 0.606. The molecule has 18 heavy (non-hydrogen) atoms. The van der Waals surface area contributed by atoms with Crippen molar-refractivity contribution in [3.63, 3.8) is 0 Å². The van der Waals surface area contributed by atoms with E-state index in [1.807, 2.05) is 13.0 Å². The third-order valence-electron chi connectivity index (χ3n) is 3.55. The van der Waals surface area contributed by atoms with E-state index < -0.39 is 0 Å². The van der Waals surface area contributed by atoms with Gasteiger partial charge in [0.15, 0.2) is 5.76 Å². The number of amides is 1. The molecule has 0 aromatic carbocycles. The number of carbonyl (C=O) groups excluding carboxylic acids is 1. The summed E-state index contributed by atoms with van der Waals surface area (Å²) in [4.78, 5) is 12.3. The van der Waals surface area contributed by atoms with Crippen LogP contribution in [0, 0.1) is 12.3 Å². The second-order valence-corrected chi connectivity index (χ2v) is 5.07. The van der Waals surface area contributed by atoms with Gasteiger partial charge in [0.25, 0.3) is 0 Å². The number of nitrogens with zero attached hydrogens (tertiary/aromatic N) is 1. The van der Waals surface area contributed by atoms with Gasteiger partial charge in [0.2, 0.25) is 5.91 Å². The summed E-state index contributed by atoms with van der Waals surface area (Å²) in [6.07, 6.45) is 2.87. The quantitative estimate of drug-likeness (QED) is 0.829. The van der Waals surface area contributed by atoms with Crippen molar-refractivity contribution in [1.29, 1.82) is 0 Å². The van der Waals surface area contributed by atoms with E-state index in [0.717, 1.165) is 38.0 Å². The Balaban J connectivity index is 1.93. The Hall–Kier alpha value is -1.36. The van der Waals surface area contributed by atoms with Gasteiger partial charge < -0.3 is 15.2 Å². The molecular weight excluding hydrogens is 230 g/mol. The standard InChI is InChI=1S/C13H21N3O2/c1-3-4-13(5-6-14-9-13)12(17)15-8-11-7-10(2)16-18-11/h7,14H,3-6,8-9H2,1-2H3,(H,15,17). The van der Waals surface area contributed by atoms with E-state index in [2.05, 4.69) is 22.7 Å². The highest BCUT2D eigenvalue weighted by atomic mass is 16.5. The fourth-order valence-corrected chi connectivity index (χ4v) is 2.60. The summed E-state index contributed by atoms with van der Waals surface area (Å²) in [5, 5.41) is 10.1. The van der Waals surface area contributed by atoms with E-state index in [4.69, 9.17) is 4.52 Å². The summed E-state index contributed by atoms with van der Waals surface area (Å²) in [5.74, 6) is 0.835. The van der Waals surface area contributed by atoms with Crippen LogP contribution in [0.5, 0.6) is 0 Å². The van der Waals surface area contributed by atoms with Crippen LogP contribution < -0.4 is 10.6 Å². The number of aryl methyl sites for hydroxylation is 1. The zero-order valence-electron chi connectivity index (χ0n) is 11.1. The summed E-state index contributed by atoms with van der Waals surface area (Å²) in [6, 6.07) is 1.85. The number of hydrogen-bond donors (Lipinski definition) is 2. The van der Waals surface area contributed by atoms with Gasteiger partial charge in [-0.1, -0.05) is 18.5 Å². The van der Waals surface area contributed by atoms with E-state index in [0.29, 0.717) is 12.3 Å². The highest BCUT2D eigenvalue weighted by Gasteiger charge is 2.40. The van der Waals surface area contributed by atoms with Crippen molar-refractivity contribution in [3.8, 4) is 0 Å². The minimum Gasteiger partial charge on any atom is -0.359 e. The van der Waals surface area contributed by atoms with Crippen LogP contribution >= 0.6 is 0 Å². The molecule has 100 valence electrons. The number of aromatic nitrogens is 1. The molecule has 1 aromatic rings. The van der Waals surface area contributed by atoms with Crippen LogP contribution in [-0.4, -0.2) is 24.2 Å². The van der Waals surface area contributed by atoms with E-state index in [9.17, 15) is 4.79 Å². The average Bonchev–Trinajstić information content (AvgIpc) is 2.97. The zero-order valence-corrected chi connectivity index (χ0v) is 11.1. The third kappa shape index (κ3) is 2.72. The summed E-state index contributed by atoms with van der Waals surface area (Å²) >= 11 is 0. The first-order chi connectivity index (χ1) is 8.66. The lowest BCUT2D eigenvalue weighted by molar-refractivity contribution is -0.130. The summed E-state index contributed by atoms with van der Waals surface area (Å²) < 4.78 is 5.09. The first-order valence-electron chi connectivity index (χ1n) is 6.57. The van der Waals surface area contributed by atoms with Gasteiger partial charge in [0.1, 0.15) is 0 Å². The maximum Gasteiger partial charge on any atom is 0.227 e. The largest absolute Gasteiger partial charge is 0.359 e. The fraction of sp³-hybridized carbons (Fsp3) is 0.692. The molecule has 1 atom stereocenters. The number of nitrogens with one attached hydrogen (secondary N) is 2. The fourth-order valence-electron chi connectivity index (χ4n) is 2.60. The van der Waals surface area contributed by atoms with E-state index in [-0.39, 0.29) is 11.3 Å². The van der Waals surface area contributed by atoms with Crippen molar-refractivity contribution in [2.75, 3.05) is 13.1 Å². The van der Waals surface area contributed by atoms with Crippen LogP contribution in [-0.2, 0) is 11.3 Å². The SMILES string of the molecule is CCCC1(C(=O)NCc2cc(C)no2)CCNC1. The van der Waals surface area contributed by atoms with E-state index in [1.165, 1.54) is 0 Å². The van der Waals surface area contributed by atoms with Crippen molar-refractivity contribution < 1.29 is 9.32 Å². The Morgan fingerprint density at radius 1 is 1.67 bits per heavy atom. The van der Waals surface area contributed by atoms with Crippen molar-refractivity contribution in [1.82, 2.24) is 15.8 Å². The van der Waals surface area contributed by atoms with Crippen molar-refractivity contribution in [2.24, 2.45) is 5.41 Å². The monoisotopic (exact) mass is 251 g/mol. The lowest BCUT2D eigenvalue weighted by atomic mass is 9.81. The van der Waals surface area contributed by atoms with Gasteiger partial charge >= 0.3 is 0 Å². The molecule has 0 aliphatic carbocycles. The molecule has 1 aliphatic heterocycles. The van der Waals surface area contributed by atoms with Crippen molar-refractivity contribution in [3.05, 3.63) is 17.5 Å². The zero-order chi connectivity index (χ0) is 13.0. The molecule has 1 fully saturated rings. The first-order valence-corrected chi connectivity index (χ1v) is 6.57. The second kappa shape index (κ2) is 5.52. The molecule has 1 unspecified atom stereocenters. The molecule has 2 N–H and O–H groups in total. The molecule has 2 heterocycles.